The third-order valence-electron chi connectivity index (χ3n) is 4.16. The van der Waals surface area contributed by atoms with Gasteiger partial charge in [-0.3, -0.25) is 4.90 Å². The molecule has 1 rings (SSSR count). The number of hydrogen-bond acceptors (Lipinski definition) is 2. The van der Waals surface area contributed by atoms with Crippen LogP contribution in [-0.2, 0) is 0 Å². The predicted molar refractivity (Wildman–Crippen MR) is 67.2 cm³/mol. The topological polar surface area (TPSA) is 15.3 Å². The zero-order valence-electron chi connectivity index (χ0n) is 10.9. The third kappa shape index (κ3) is 3.76. The maximum Gasteiger partial charge on any atom is 0.0192 e. The van der Waals surface area contributed by atoms with Crippen molar-refractivity contribution in [2.24, 2.45) is 5.92 Å². The standard InChI is InChI=1S/C13H28N2/c1-5-12-6-8-13(9-7-12)15(4)11(2)10-14-3/h11-14H,5-10H2,1-4H3. The number of nitrogens with one attached hydrogen (secondary N) is 1. The average Bonchev–Trinajstić information content (AvgIpc) is 2.28. The van der Waals surface area contributed by atoms with E-state index >= 15 is 0 Å². The fraction of sp³-hybridized carbons (Fsp3) is 1.00. The van der Waals surface area contributed by atoms with Crippen LogP contribution >= 0.6 is 0 Å². The van der Waals surface area contributed by atoms with Gasteiger partial charge in [0.05, 0.1) is 0 Å². The van der Waals surface area contributed by atoms with Crippen molar-refractivity contribution in [2.75, 3.05) is 20.6 Å². The van der Waals surface area contributed by atoms with Crippen LogP contribution in [0.15, 0.2) is 0 Å². The molecule has 0 saturated heterocycles. The summed E-state index contributed by atoms with van der Waals surface area (Å²) < 4.78 is 0. The molecule has 0 aliphatic heterocycles. The molecule has 1 saturated carbocycles. The number of hydrogen-bond donors (Lipinski definition) is 1. The van der Waals surface area contributed by atoms with Crippen molar-refractivity contribution in [1.29, 1.82) is 0 Å². The minimum absolute atomic E-state index is 0.665. The highest BCUT2D eigenvalue weighted by Crippen LogP contribution is 2.29. The Hall–Kier alpha value is -0.0800. The van der Waals surface area contributed by atoms with Crippen LogP contribution in [-0.4, -0.2) is 37.6 Å². The summed E-state index contributed by atoms with van der Waals surface area (Å²) >= 11 is 0. The summed E-state index contributed by atoms with van der Waals surface area (Å²) in [5.41, 5.74) is 0. The quantitative estimate of drug-likeness (QED) is 0.753. The highest BCUT2D eigenvalue weighted by Gasteiger charge is 2.25. The van der Waals surface area contributed by atoms with E-state index in [1.54, 1.807) is 0 Å². The SMILES string of the molecule is CCC1CCC(N(C)C(C)CNC)CC1. The normalized spacial score (nSPS) is 29.4. The summed E-state index contributed by atoms with van der Waals surface area (Å²) in [5.74, 6) is 1.01. The Morgan fingerprint density at radius 3 is 2.33 bits per heavy atom. The van der Waals surface area contributed by atoms with Crippen LogP contribution < -0.4 is 5.32 Å². The Kier molecular flexibility index (Phi) is 5.62. The second kappa shape index (κ2) is 6.49. The van der Waals surface area contributed by atoms with Crippen molar-refractivity contribution in [1.82, 2.24) is 10.2 Å². The van der Waals surface area contributed by atoms with Crippen LogP contribution in [0.3, 0.4) is 0 Å². The van der Waals surface area contributed by atoms with Gasteiger partial charge in [-0.1, -0.05) is 13.3 Å². The molecule has 0 heterocycles. The van der Waals surface area contributed by atoms with Gasteiger partial charge < -0.3 is 5.32 Å². The van der Waals surface area contributed by atoms with Gasteiger partial charge >= 0.3 is 0 Å². The Bertz CT molecular complexity index is 162. The molecule has 0 radical (unpaired) electrons. The molecule has 1 atom stereocenters. The molecular formula is C13H28N2. The molecule has 0 aromatic heterocycles. The lowest BCUT2D eigenvalue weighted by molar-refractivity contribution is 0.126. The zero-order chi connectivity index (χ0) is 11.3. The molecule has 1 fully saturated rings. The Morgan fingerprint density at radius 1 is 1.27 bits per heavy atom. The highest BCUT2D eigenvalue weighted by molar-refractivity contribution is 4.80. The van der Waals surface area contributed by atoms with Gasteiger partial charge in [-0.15, -0.1) is 0 Å². The molecule has 1 aliphatic carbocycles. The van der Waals surface area contributed by atoms with Gasteiger partial charge in [-0.2, -0.15) is 0 Å². The van der Waals surface area contributed by atoms with Crippen LogP contribution in [0.5, 0.6) is 0 Å². The smallest absolute Gasteiger partial charge is 0.0192 e. The van der Waals surface area contributed by atoms with Crippen molar-refractivity contribution in [3.8, 4) is 0 Å². The second-order valence-corrected chi connectivity index (χ2v) is 5.15. The van der Waals surface area contributed by atoms with Crippen LogP contribution in [0.25, 0.3) is 0 Å². The summed E-state index contributed by atoms with van der Waals surface area (Å²) in [6.07, 6.45) is 7.07. The van der Waals surface area contributed by atoms with Crippen LogP contribution in [0, 0.1) is 5.92 Å². The first-order valence-electron chi connectivity index (χ1n) is 6.55. The van der Waals surface area contributed by atoms with E-state index in [1.807, 2.05) is 7.05 Å². The second-order valence-electron chi connectivity index (χ2n) is 5.15. The maximum atomic E-state index is 3.27. The van der Waals surface area contributed by atoms with Crippen molar-refractivity contribution >= 4 is 0 Å². The zero-order valence-corrected chi connectivity index (χ0v) is 10.9. The van der Waals surface area contributed by atoms with Crippen LogP contribution in [0.1, 0.15) is 46.0 Å². The van der Waals surface area contributed by atoms with E-state index in [0.29, 0.717) is 6.04 Å². The number of likely N-dealkylation sites (N-methyl/N-ethyl adjacent to an activating group) is 2. The molecule has 0 bridgehead atoms. The van der Waals surface area contributed by atoms with Gasteiger partial charge in [0.15, 0.2) is 0 Å². The lowest BCUT2D eigenvalue weighted by Gasteiger charge is -2.37. The summed E-state index contributed by atoms with van der Waals surface area (Å²) in [6, 6.07) is 1.49. The van der Waals surface area contributed by atoms with Crippen molar-refractivity contribution < 1.29 is 0 Å². The van der Waals surface area contributed by atoms with Crippen LogP contribution in [0.4, 0.5) is 0 Å². The van der Waals surface area contributed by atoms with Crippen molar-refractivity contribution in [2.45, 2.75) is 58.0 Å². The fourth-order valence-corrected chi connectivity index (χ4v) is 2.76. The average molecular weight is 212 g/mol. The molecule has 1 N–H and O–H groups in total. The lowest BCUT2D eigenvalue weighted by Crippen LogP contribution is -2.44. The fourth-order valence-electron chi connectivity index (χ4n) is 2.76. The minimum atomic E-state index is 0.665. The highest BCUT2D eigenvalue weighted by atomic mass is 15.2. The molecule has 0 spiro atoms. The summed E-state index contributed by atoms with van der Waals surface area (Å²) in [4.78, 5) is 2.57. The molecule has 2 nitrogen and oxygen atoms in total. The molecule has 0 aromatic rings. The monoisotopic (exact) mass is 212 g/mol. The lowest BCUT2D eigenvalue weighted by atomic mass is 9.84. The minimum Gasteiger partial charge on any atom is -0.318 e. The van der Waals surface area contributed by atoms with E-state index in [1.165, 1.54) is 32.1 Å². The van der Waals surface area contributed by atoms with Gasteiger partial charge in [-0.05, 0) is 52.6 Å². The largest absolute Gasteiger partial charge is 0.318 e. The van der Waals surface area contributed by atoms with Crippen molar-refractivity contribution in [3.05, 3.63) is 0 Å². The summed E-state index contributed by atoms with van der Waals surface area (Å²) in [6.45, 7) is 5.75. The predicted octanol–water partition coefficient (Wildman–Crippen LogP) is 2.49. The van der Waals surface area contributed by atoms with Gasteiger partial charge in [0.2, 0.25) is 0 Å². The molecular weight excluding hydrogens is 184 g/mol. The number of rotatable bonds is 5. The van der Waals surface area contributed by atoms with Gasteiger partial charge in [0.1, 0.15) is 0 Å². The molecule has 0 amide bonds. The van der Waals surface area contributed by atoms with E-state index in [4.69, 9.17) is 0 Å². The summed E-state index contributed by atoms with van der Waals surface area (Å²) in [5, 5.41) is 3.27. The van der Waals surface area contributed by atoms with E-state index in [0.717, 1.165) is 18.5 Å². The van der Waals surface area contributed by atoms with E-state index in [2.05, 4.69) is 31.1 Å². The van der Waals surface area contributed by atoms with Gasteiger partial charge in [0, 0.05) is 18.6 Å². The van der Waals surface area contributed by atoms with Crippen molar-refractivity contribution in [3.63, 3.8) is 0 Å². The molecule has 15 heavy (non-hydrogen) atoms. The summed E-state index contributed by atoms with van der Waals surface area (Å²) in [7, 11) is 4.33. The van der Waals surface area contributed by atoms with E-state index in [-0.39, 0.29) is 0 Å². The molecule has 1 aliphatic rings. The van der Waals surface area contributed by atoms with E-state index in [9.17, 15) is 0 Å². The Labute approximate surface area is 95.4 Å². The molecule has 90 valence electrons. The number of nitrogens with zero attached hydrogens (tertiary/aromatic N) is 1. The molecule has 0 aromatic carbocycles. The molecule has 2 heteroatoms. The molecule has 1 unspecified atom stereocenters. The first kappa shape index (κ1) is 13.0. The first-order valence-corrected chi connectivity index (χ1v) is 6.55. The van der Waals surface area contributed by atoms with Crippen LogP contribution in [0.2, 0.25) is 0 Å². The Balaban J connectivity index is 2.32. The van der Waals surface area contributed by atoms with Gasteiger partial charge in [0.25, 0.3) is 0 Å². The first-order chi connectivity index (χ1) is 7.19. The van der Waals surface area contributed by atoms with Gasteiger partial charge in [-0.25, -0.2) is 0 Å². The maximum absolute atomic E-state index is 3.27. The Morgan fingerprint density at radius 2 is 1.87 bits per heavy atom. The third-order valence-corrected chi connectivity index (χ3v) is 4.16. The van der Waals surface area contributed by atoms with E-state index < -0.39 is 0 Å².